The van der Waals surface area contributed by atoms with Gasteiger partial charge in [0, 0.05) is 31.8 Å². The van der Waals surface area contributed by atoms with Gasteiger partial charge in [0.25, 0.3) is 0 Å². The molecule has 1 aromatic rings. The van der Waals surface area contributed by atoms with Crippen LogP contribution in [0, 0.1) is 5.82 Å². The second-order valence-corrected chi connectivity index (χ2v) is 5.94. The molecule has 0 radical (unpaired) electrons. The zero-order valence-electron chi connectivity index (χ0n) is 13.1. The quantitative estimate of drug-likeness (QED) is 0.712. The molecule has 2 unspecified atom stereocenters. The number of aliphatic hydroxyl groups is 1. The summed E-state index contributed by atoms with van der Waals surface area (Å²) >= 11 is 0. The Hall–Kier alpha value is -1.23. The van der Waals surface area contributed by atoms with E-state index in [0.717, 1.165) is 32.4 Å². The molecule has 4 heteroatoms. The summed E-state index contributed by atoms with van der Waals surface area (Å²) in [6.07, 6.45) is 5.17. The Balaban J connectivity index is 1.96. The van der Waals surface area contributed by atoms with Gasteiger partial charge in [0.15, 0.2) is 0 Å². The number of benzene rings is 1. The average molecular weight is 307 g/mol. The summed E-state index contributed by atoms with van der Waals surface area (Å²) in [5.74, 6) is -0.194. The maximum atomic E-state index is 13.9. The van der Waals surface area contributed by atoms with Crippen LogP contribution in [-0.4, -0.2) is 41.9 Å². The Morgan fingerprint density at radius 3 is 2.95 bits per heavy atom. The van der Waals surface area contributed by atoms with Crippen LogP contribution in [0.4, 0.5) is 4.39 Å². The average Bonchev–Trinajstić information content (AvgIpc) is 3.00. The van der Waals surface area contributed by atoms with Gasteiger partial charge in [0.05, 0.1) is 12.2 Å². The lowest BCUT2D eigenvalue weighted by molar-refractivity contribution is 0.0441. The van der Waals surface area contributed by atoms with Gasteiger partial charge in [0.2, 0.25) is 0 Å². The van der Waals surface area contributed by atoms with Crippen molar-refractivity contribution in [1.82, 2.24) is 4.90 Å². The molecule has 2 rings (SSSR count). The third kappa shape index (κ3) is 5.52. The van der Waals surface area contributed by atoms with Crippen LogP contribution in [0.5, 0.6) is 0 Å². The molecule has 1 aromatic carbocycles. The van der Waals surface area contributed by atoms with E-state index in [-0.39, 0.29) is 11.9 Å². The molecule has 0 spiro atoms. The van der Waals surface area contributed by atoms with Gasteiger partial charge in [-0.25, -0.2) is 4.39 Å². The second kappa shape index (κ2) is 9.03. The van der Waals surface area contributed by atoms with Crippen molar-refractivity contribution in [3.63, 3.8) is 0 Å². The molecule has 1 saturated heterocycles. The van der Waals surface area contributed by atoms with Gasteiger partial charge in [0.1, 0.15) is 5.82 Å². The SMILES string of the molecule is C=CCCC(O)CN(Cc1ccccc1F)CC1CCCO1. The molecule has 0 amide bonds. The van der Waals surface area contributed by atoms with Gasteiger partial charge in [-0.15, -0.1) is 6.58 Å². The topological polar surface area (TPSA) is 32.7 Å². The van der Waals surface area contributed by atoms with E-state index >= 15 is 0 Å². The smallest absolute Gasteiger partial charge is 0.127 e. The van der Waals surface area contributed by atoms with E-state index in [1.807, 2.05) is 12.1 Å². The highest BCUT2D eigenvalue weighted by Crippen LogP contribution is 2.17. The molecule has 2 atom stereocenters. The van der Waals surface area contributed by atoms with Crippen LogP contribution in [0.3, 0.4) is 0 Å². The van der Waals surface area contributed by atoms with E-state index in [2.05, 4.69) is 11.5 Å². The van der Waals surface area contributed by atoms with Crippen molar-refractivity contribution in [2.45, 2.75) is 44.4 Å². The maximum absolute atomic E-state index is 13.9. The van der Waals surface area contributed by atoms with Gasteiger partial charge in [-0.3, -0.25) is 4.90 Å². The lowest BCUT2D eigenvalue weighted by atomic mass is 10.1. The van der Waals surface area contributed by atoms with E-state index < -0.39 is 6.10 Å². The number of allylic oxidation sites excluding steroid dienone is 1. The summed E-state index contributed by atoms with van der Waals surface area (Å²) < 4.78 is 19.6. The zero-order valence-corrected chi connectivity index (χ0v) is 13.1. The summed E-state index contributed by atoms with van der Waals surface area (Å²) in [6, 6.07) is 6.82. The molecular weight excluding hydrogens is 281 g/mol. The van der Waals surface area contributed by atoms with Crippen molar-refractivity contribution < 1.29 is 14.2 Å². The number of hydrogen-bond donors (Lipinski definition) is 1. The first kappa shape index (κ1) is 17.1. The molecule has 0 saturated carbocycles. The fourth-order valence-electron chi connectivity index (χ4n) is 2.85. The fraction of sp³-hybridized carbons (Fsp3) is 0.556. The summed E-state index contributed by atoms with van der Waals surface area (Å²) in [4.78, 5) is 2.10. The van der Waals surface area contributed by atoms with Crippen LogP contribution < -0.4 is 0 Å². The molecule has 0 aromatic heterocycles. The number of aliphatic hydroxyl groups excluding tert-OH is 1. The predicted octanol–water partition coefficient (Wildman–Crippen LogP) is 3.13. The molecule has 1 aliphatic heterocycles. The largest absolute Gasteiger partial charge is 0.392 e. The summed E-state index contributed by atoms with van der Waals surface area (Å²) in [5, 5.41) is 10.1. The predicted molar refractivity (Wildman–Crippen MR) is 86.1 cm³/mol. The van der Waals surface area contributed by atoms with Gasteiger partial charge >= 0.3 is 0 Å². The van der Waals surface area contributed by atoms with Crippen molar-refractivity contribution in [1.29, 1.82) is 0 Å². The molecule has 3 nitrogen and oxygen atoms in total. The minimum atomic E-state index is -0.425. The van der Waals surface area contributed by atoms with Crippen LogP contribution in [0.2, 0.25) is 0 Å². The van der Waals surface area contributed by atoms with Crippen molar-refractivity contribution >= 4 is 0 Å². The van der Waals surface area contributed by atoms with Gasteiger partial charge in [-0.05, 0) is 31.7 Å². The third-order valence-corrected chi connectivity index (χ3v) is 4.01. The van der Waals surface area contributed by atoms with Crippen molar-refractivity contribution in [3.8, 4) is 0 Å². The summed E-state index contributed by atoms with van der Waals surface area (Å²) in [7, 11) is 0. The lowest BCUT2D eigenvalue weighted by Gasteiger charge is -2.27. The first-order valence-electron chi connectivity index (χ1n) is 8.05. The first-order chi connectivity index (χ1) is 10.7. The second-order valence-electron chi connectivity index (χ2n) is 5.94. The fourth-order valence-corrected chi connectivity index (χ4v) is 2.85. The van der Waals surface area contributed by atoms with Gasteiger partial charge < -0.3 is 9.84 Å². The molecule has 0 bridgehead atoms. The highest BCUT2D eigenvalue weighted by molar-refractivity contribution is 5.17. The van der Waals surface area contributed by atoms with Gasteiger partial charge in [-0.2, -0.15) is 0 Å². The highest BCUT2D eigenvalue weighted by Gasteiger charge is 2.21. The molecule has 0 aliphatic carbocycles. The molecule has 1 fully saturated rings. The molecule has 22 heavy (non-hydrogen) atoms. The lowest BCUT2D eigenvalue weighted by Crippen LogP contribution is -2.37. The number of halogens is 1. The van der Waals surface area contributed by atoms with Crippen LogP contribution in [0.15, 0.2) is 36.9 Å². The minimum absolute atomic E-state index is 0.193. The van der Waals surface area contributed by atoms with Crippen molar-refractivity contribution in [2.24, 2.45) is 0 Å². The standard InChI is InChI=1S/C18H26FNO2/c1-2-3-8-16(21)13-20(14-17-9-6-11-22-17)12-15-7-4-5-10-18(15)19/h2,4-5,7,10,16-17,21H,1,3,6,8-9,11-14H2. The zero-order chi connectivity index (χ0) is 15.8. The molecule has 1 N–H and O–H groups in total. The highest BCUT2D eigenvalue weighted by atomic mass is 19.1. The molecule has 1 aliphatic rings. The third-order valence-electron chi connectivity index (χ3n) is 4.01. The monoisotopic (exact) mass is 307 g/mol. The summed E-state index contributed by atoms with van der Waals surface area (Å²) in [5.41, 5.74) is 0.663. The summed E-state index contributed by atoms with van der Waals surface area (Å²) in [6.45, 7) is 6.25. The normalized spacial score (nSPS) is 19.5. The van der Waals surface area contributed by atoms with E-state index in [1.54, 1.807) is 12.1 Å². The molecular formula is C18H26FNO2. The maximum Gasteiger partial charge on any atom is 0.127 e. The Kier molecular flexibility index (Phi) is 7.03. The van der Waals surface area contributed by atoms with Crippen LogP contribution in [0.1, 0.15) is 31.2 Å². The molecule has 1 heterocycles. The number of nitrogens with zero attached hydrogens (tertiary/aromatic N) is 1. The first-order valence-corrected chi connectivity index (χ1v) is 8.05. The van der Waals surface area contributed by atoms with Crippen LogP contribution in [0.25, 0.3) is 0 Å². The van der Waals surface area contributed by atoms with Gasteiger partial charge in [-0.1, -0.05) is 24.3 Å². The Morgan fingerprint density at radius 2 is 2.27 bits per heavy atom. The Bertz CT molecular complexity index is 460. The minimum Gasteiger partial charge on any atom is -0.392 e. The number of rotatable bonds is 9. The Morgan fingerprint density at radius 1 is 1.45 bits per heavy atom. The van der Waals surface area contributed by atoms with E-state index in [9.17, 15) is 9.50 Å². The van der Waals surface area contributed by atoms with E-state index in [4.69, 9.17) is 4.74 Å². The number of ether oxygens (including phenoxy) is 1. The Labute approximate surface area is 132 Å². The van der Waals surface area contributed by atoms with Crippen molar-refractivity contribution in [3.05, 3.63) is 48.3 Å². The van der Waals surface area contributed by atoms with Crippen LogP contribution in [-0.2, 0) is 11.3 Å². The number of hydrogen-bond acceptors (Lipinski definition) is 3. The van der Waals surface area contributed by atoms with E-state index in [0.29, 0.717) is 25.1 Å². The molecule has 122 valence electrons. The van der Waals surface area contributed by atoms with Crippen molar-refractivity contribution in [2.75, 3.05) is 19.7 Å². The van der Waals surface area contributed by atoms with Crippen LogP contribution >= 0.6 is 0 Å². The van der Waals surface area contributed by atoms with E-state index in [1.165, 1.54) is 6.07 Å².